The minimum atomic E-state index is -3.94. The second kappa shape index (κ2) is 9.86. The number of fused-ring (bicyclic) bond motifs is 1. The molecule has 1 amide bonds. The van der Waals surface area contributed by atoms with Crippen LogP contribution in [-0.4, -0.2) is 24.0 Å². The maximum absolute atomic E-state index is 13.1. The van der Waals surface area contributed by atoms with Crippen molar-refractivity contribution in [3.8, 4) is 11.5 Å². The molecule has 0 radical (unpaired) electrons. The third-order valence-electron chi connectivity index (χ3n) is 4.86. The van der Waals surface area contributed by atoms with Crippen molar-refractivity contribution in [3.05, 3.63) is 87.9 Å². The lowest BCUT2D eigenvalue weighted by Gasteiger charge is -2.33. The summed E-state index contributed by atoms with van der Waals surface area (Å²) < 4.78 is 37.0. The topological polar surface area (TPSA) is 93.7 Å². The molecule has 0 spiro atoms. The van der Waals surface area contributed by atoms with Gasteiger partial charge in [-0.25, -0.2) is 13.1 Å². The van der Waals surface area contributed by atoms with Crippen molar-refractivity contribution in [1.82, 2.24) is 10.0 Å². The van der Waals surface area contributed by atoms with Gasteiger partial charge in [0.25, 0.3) is 9.70 Å². The first-order valence-corrected chi connectivity index (χ1v) is 13.2. The Morgan fingerprint density at radius 1 is 0.886 bits per heavy atom. The van der Waals surface area contributed by atoms with Crippen LogP contribution in [0.2, 0.25) is 10.0 Å². The van der Waals surface area contributed by atoms with Crippen LogP contribution < -0.4 is 19.5 Å². The lowest BCUT2D eigenvalue weighted by Crippen LogP contribution is -2.63. The second-order valence-corrected chi connectivity index (χ2v) is 12.2. The highest BCUT2D eigenvalue weighted by molar-refractivity contribution is 7.89. The van der Waals surface area contributed by atoms with Crippen LogP contribution in [0.5, 0.6) is 11.5 Å². The third-order valence-corrected chi connectivity index (χ3v) is 7.73. The van der Waals surface area contributed by atoms with Gasteiger partial charge >= 0.3 is 5.91 Å². The first-order chi connectivity index (χ1) is 16.4. The van der Waals surface area contributed by atoms with E-state index in [9.17, 15) is 13.2 Å². The molecule has 0 saturated heterocycles. The van der Waals surface area contributed by atoms with Gasteiger partial charge in [0.1, 0.15) is 0 Å². The zero-order chi connectivity index (χ0) is 25.4. The summed E-state index contributed by atoms with van der Waals surface area (Å²) in [7, 11) is -3.94. The normalized spacial score (nSPS) is 14.5. The summed E-state index contributed by atoms with van der Waals surface area (Å²) in [5, 5.41) is 2.70. The largest absolute Gasteiger partial charge is 0.428 e. The van der Waals surface area contributed by atoms with Crippen molar-refractivity contribution in [2.75, 3.05) is 0 Å². The number of ether oxygens (including phenoxy) is 2. The van der Waals surface area contributed by atoms with Crippen molar-refractivity contribution < 1.29 is 22.7 Å². The van der Waals surface area contributed by atoms with E-state index in [-0.39, 0.29) is 38.5 Å². The Kier molecular flexibility index (Phi) is 7.37. The molecule has 0 saturated carbocycles. The van der Waals surface area contributed by atoms with Gasteiger partial charge in [-0.05, 0) is 23.8 Å². The van der Waals surface area contributed by atoms with E-state index in [1.54, 1.807) is 24.3 Å². The van der Waals surface area contributed by atoms with Gasteiger partial charge in [-0.2, -0.15) is 0 Å². The molecule has 0 unspecified atom stereocenters. The highest BCUT2D eigenvalue weighted by atomic mass is 35.6. The Bertz CT molecular complexity index is 1350. The van der Waals surface area contributed by atoms with Gasteiger partial charge in [0.05, 0.1) is 14.9 Å². The zero-order valence-corrected chi connectivity index (χ0v) is 22.0. The van der Waals surface area contributed by atoms with Crippen LogP contribution in [0.15, 0.2) is 71.6 Å². The monoisotopic (exact) mass is 594 g/mol. The van der Waals surface area contributed by atoms with E-state index in [4.69, 9.17) is 67.5 Å². The second-order valence-electron chi connectivity index (χ2n) is 7.32. The summed E-state index contributed by atoms with van der Waals surface area (Å²) in [6, 6.07) is 17.0. The molecular formula is C22H15Cl5N2O5S. The molecule has 7 nitrogen and oxygen atoms in total. The number of hydrogen-bond donors (Lipinski definition) is 2. The van der Waals surface area contributed by atoms with E-state index >= 15 is 0 Å². The quantitative estimate of drug-likeness (QED) is 0.357. The molecule has 3 aromatic rings. The van der Waals surface area contributed by atoms with Gasteiger partial charge in [0.2, 0.25) is 10.0 Å². The van der Waals surface area contributed by atoms with Crippen LogP contribution in [-0.2, 0) is 16.6 Å². The lowest BCUT2D eigenvalue weighted by molar-refractivity contribution is -0.0953. The highest BCUT2D eigenvalue weighted by Gasteiger charge is 2.59. The van der Waals surface area contributed by atoms with Crippen molar-refractivity contribution in [2.24, 2.45) is 0 Å². The Morgan fingerprint density at radius 2 is 1.49 bits per heavy atom. The SMILES string of the molecule is O=C(NC1(C(Cl)(Cl)Cl)Oc2cc(Cl)c(Cl)cc2O1)c1cccc(S(=O)(=O)NCc2ccccc2)c1. The number of carbonyl (C=O) groups excluding carboxylic acids is 1. The number of benzene rings is 3. The number of alkyl halides is 3. The summed E-state index contributed by atoms with van der Waals surface area (Å²) in [5.74, 6) is -2.97. The Morgan fingerprint density at radius 3 is 2.06 bits per heavy atom. The van der Waals surface area contributed by atoms with E-state index in [0.29, 0.717) is 0 Å². The van der Waals surface area contributed by atoms with E-state index < -0.39 is 25.6 Å². The number of hydrogen-bond acceptors (Lipinski definition) is 5. The van der Waals surface area contributed by atoms with Crippen LogP contribution in [0.1, 0.15) is 15.9 Å². The standard InChI is InChI=1S/C22H15Cl5N2O5S/c23-16-10-18-19(11-17(16)24)34-22(33-18,21(25,26)27)29-20(30)14-7-4-8-15(9-14)35(31,32)28-12-13-5-2-1-3-6-13/h1-11,28H,12H2,(H,29,30). The Labute approximate surface area is 226 Å². The number of nitrogens with one attached hydrogen (secondary N) is 2. The number of carbonyl (C=O) groups is 1. The smallest absolute Gasteiger partial charge is 0.388 e. The van der Waals surface area contributed by atoms with Gasteiger partial charge in [0, 0.05) is 24.2 Å². The molecule has 0 bridgehead atoms. The fraction of sp³-hybridized carbons (Fsp3) is 0.136. The van der Waals surface area contributed by atoms with Gasteiger partial charge < -0.3 is 9.47 Å². The molecular weight excluding hydrogens is 582 g/mol. The van der Waals surface area contributed by atoms with E-state index in [1.165, 1.54) is 36.4 Å². The molecule has 3 aromatic carbocycles. The predicted molar refractivity (Wildman–Crippen MR) is 135 cm³/mol. The van der Waals surface area contributed by atoms with E-state index in [2.05, 4.69) is 10.0 Å². The summed E-state index contributed by atoms with van der Waals surface area (Å²) in [5.41, 5.74) is 0.713. The fourth-order valence-corrected chi connectivity index (χ4v) is 4.87. The maximum Gasteiger partial charge on any atom is 0.388 e. The average Bonchev–Trinajstić information content (AvgIpc) is 3.17. The minimum Gasteiger partial charge on any atom is -0.428 e. The first kappa shape index (κ1) is 26.2. The third kappa shape index (κ3) is 5.59. The molecule has 184 valence electrons. The van der Waals surface area contributed by atoms with Crippen LogP contribution in [0.4, 0.5) is 0 Å². The summed E-state index contributed by atoms with van der Waals surface area (Å²) in [6.07, 6.45) is 0. The number of rotatable bonds is 6. The predicted octanol–water partition coefficient (Wildman–Crippen LogP) is 5.70. The van der Waals surface area contributed by atoms with Crippen LogP contribution in [0.3, 0.4) is 0 Å². The number of amides is 1. The molecule has 0 fully saturated rings. The van der Waals surface area contributed by atoms with Crippen molar-refractivity contribution in [3.63, 3.8) is 0 Å². The van der Waals surface area contributed by atoms with Crippen LogP contribution in [0.25, 0.3) is 0 Å². The summed E-state index contributed by atoms with van der Waals surface area (Å²) >= 11 is 30.3. The van der Waals surface area contributed by atoms with E-state index in [1.807, 2.05) is 6.07 Å². The van der Waals surface area contributed by atoms with Crippen LogP contribution >= 0.6 is 58.0 Å². The molecule has 2 N–H and O–H groups in total. The molecule has 0 atom stereocenters. The summed E-state index contributed by atoms with van der Waals surface area (Å²) in [6.45, 7) is 0.0705. The molecule has 1 heterocycles. The minimum absolute atomic E-state index is 0.0552. The molecule has 4 rings (SSSR count). The summed E-state index contributed by atoms with van der Waals surface area (Å²) in [4.78, 5) is 12.9. The Balaban J connectivity index is 1.57. The first-order valence-electron chi connectivity index (χ1n) is 9.80. The molecule has 1 aliphatic heterocycles. The number of sulfonamides is 1. The molecule has 13 heteroatoms. The van der Waals surface area contributed by atoms with Crippen molar-refractivity contribution >= 4 is 73.9 Å². The molecule has 0 aliphatic carbocycles. The zero-order valence-electron chi connectivity index (χ0n) is 17.4. The number of halogens is 5. The molecule has 1 aliphatic rings. The van der Waals surface area contributed by atoms with Crippen molar-refractivity contribution in [2.45, 2.75) is 21.1 Å². The van der Waals surface area contributed by atoms with Crippen LogP contribution in [0, 0.1) is 0 Å². The van der Waals surface area contributed by atoms with Gasteiger partial charge in [-0.15, -0.1) is 0 Å². The van der Waals surface area contributed by atoms with Gasteiger partial charge in [-0.1, -0.05) is 94.4 Å². The molecule has 35 heavy (non-hydrogen) atoms. The average molecular weight is 597 g/mol. The fourth-order valence-electron chi connectivity index (χ4n) is 3.12. The maximum atomic E-state index is 13.1. The highest BCUT2D eigenvalue weighted by Crippen LogP contribution is 2.50. The lowest BCUT2D eigenvalue weighted by atomic mass is 10.2. The Hall–Kier alpha value is -1.91. The van der Waals surface area contributed by atoms with Gasteiger partial charge in [-0.3, -0.25) is 10.1 Å². The van der Waals surface area contributed by atoms with Gasteiger partial charge in [0.15, 0.2) is 11.5 Å². The molecule has 0 aromatic heterocycles. The van der Waals surface area contributed by atoms with Crippen molar-refractivity contribution in [1.29, 1.82) is 0 Å². The van der Waals surface area contributed by atoms with E-state index in [0.717, 1.165) is 5.56 Å².